The first-order valence-corrected chi connectivity index (χ1v) is 10.0. The van der Waals surface area contributed by atoms with Crippen LogP contribution in [-0.2, 0) is 24.8 Å². The topological polar surface area (TPSA) is 61.8 Å². The Morgan fingerprint density at radius 2 is 1.89 bits per heavy atom. The fraction of sp³-hybridized carbons (Fsp3) is 0.636. The zero-order chi connectivity index (χ0) is 19.2. The zero-order valence-corrected chi connectivity index (χ0v) is 16.3. The highest BCUT2D eigenvalue weighted by molar-refractivity contribution is 6.20. The SMILES string of the molecule is CO[C@@]12C[C@H](OC3CCCCC3)[C@@](C(=O)C(C)C)(O1)C(=O)c1ccccc12. The number of hydrogen-bond donors (Lipinski definition) is 0. The molecule has 2 aliphatic heterocycles. The molecule has 146 valence electrons. The molecule has 1 aliphatic carbocycles. The number of ether oxygens (including phenoxy) is 3. The minimum atomic E-state index is -1.62. The van der Waals surface area contributed by atoms with Gasteiger partial charge in [0, 0.05) is 30.6 Å². The van der Waals surface area contributed by atoms with Crippen molar-refractivity contribution in [1.29, 1.82) is 0 Å². The van der Waals surface area contributed by atoms with Crippen LogP contribution in [0.5, 0.6) is 0 Å². The summed E-state index contributed by atoms with van der Waals surface area (Å²) < 4.78 is 18.5. The summed E-state index contributed by atoms with van der Waals surface area (Å²) in [6, 6.07) is 7.29. The Morgan fingerprint density at radius 1 is 1.19 bits per heavy atom. The van der Waals surface area contributed by atoms with Crippen molar-refractivity contribution in [2.75, 3.05) is 7.11 Å². The Morgan fingerprint density at radius 3 is 2.56 bits per heavy atom. The van der Waals surface area contributed by atoms with Crippen molar-refractivity contribution in [3.63, 3.8) is 0 Å². The van der Waals surface area contributed by atoms with Crippen molar-refractivity contribution in [3.05, 3.63) is 35.4 Å². The van der Waals surface area contributed by atoms with Crippen LogP contribution in [0.4, 0.5) is 0 Å². The van der Waals surface area contributed by atoms with E-state index in [1.165, 1.54) is 6.42 Å². The minimum absolute atomic E-state index is 0.0633. The molecule has 0 aromatic heterocycles. The summed E-state index contributed by atoms with van der Waals surface area (Å²) >= 11 is 0. The molecule has 1 aromatic rings. The largest absolute Gasteiger partial charge is 0.371 e. The standard InChI is InChI=1S/C22H28O5/c1-14(2)19(23)22-18(26-15-9-5-4-6-10-15)13-21(25-3,27-22)17-12-8-7-11-16(17)20(22)24/h7-8,11-12,14-15,18H,4-6,9-10,13H2,1-3H3/t18-,21-,22-/m0/s1. The highest BCUT2D eigenvalue weighted by Crippen LogP contribution is 2.54. The van der Waals surface area contributed by atoms with E-state index in [-0.39, 0.29) is 23.6 Å². The van der Waals surface area contributed by atoms with Crippen LogP contribution in [0.2, 0.25) is 0 Å². The molecule has 0 unspecified atom stereocenters. The Balaban J connectivity index is 1.81. The van der Waals surface area contributed by atoms with E-state index in [2.05, 4.69) is 0 Å². The highest BCUT2D eigenvalue weighted by Gasteiger charge is 2.70. The first-order valence-electron chi connectivity index (χ1n) is 10.0. The summed E-state index contributed by atoms with van der Waals surface area (Å²) in [7, 11) is 1.57. The fourth-order valence-corrected chi connectivity index (χ4v) is 4.89. The minimum Gasteiger partial charge on any atom is -0.371 e. The van der Waals surface area contributed by atoms with Crippen molar-refractivity contribution < 1.29 is 23.8 Å². The van der Waals surface area contributed by atoms with Crippen LogP contribution in [0.25, 0.3) is 0 Å². The monoisotopic (exact) mass is 372 g/mol. The Kier molecular flexibility index (Phi) is 4.73. The number of carbonyl (C=O) groups is 2. The predicted octanol–water partition coefficient (Wildman–Crippen LogP) is 3.78. The summed E-state index contributed by atoms with van der Waals surface area (Å²) in [5.74, 6) is -1.97. The number of methoxy groups -OCH3 is 1. The first kappa shape index (κ1) is 18.8. The maximum Gasteiger partial charge on any atom is 0.218 e. The van der Waals surface area contributed by atoms with Crippen LogP contribution < -0.4 is 0 Å². The number of fused-ring (bicyclic) bond motifs is 4. The van der Waals surface area contributed by atoms with E-state index >= 15 is 0 Å². The van der Waals surface area contributed by atoms with E-state index < -0.39 is 17.5 Å². The summed E-state index contributed by atoms with van der Waals surface area (Å²) in [5, 5.41) is 0. The Bertz CT molecular complexity index is 751. The van der Waals surface area contributed by atoms with Crippen LogP contribution in [0.15, 0.2) is 24.3 Å². The van der Waals surface area contributed by atoms with Gasteiger partial charge >= 0.3 is 0 Å². The van der Waals surface area contributed by atoms with E-state index in [0.29, 0.717) is 17.5 Å². The molecule has 0 radical (unpaired) electrons. The summed E-state index contributed by atoms with van der Waals surface area (Å²) in [6.07, 6.45) is 5.15. The van der Waals surface area contributed by atoms with Gasteiger partial charge in [0.15, 0.2) is 11.6 Å². The first-order chi connectivity index (χ1) is 12.9. The molecule has 1 aromatic carbocycles. The number of Topliss-reactive ketones (excluding diaryl/α,β-unsaturated/α-hetero) is 2. The van der Waals surface area contributed by atoms with E-state index in [0.717, 1.165) is 25.7 Å². The van der Waals surface area contributed by atoms with E-state index in [1.807, 2.05) is 18.2 Å². The lowest BCUT2D eigenvalue weighted by atomic mass is 9.79. The van der Waals surface area contributed by atoms with E-state index in [1.54, 1.807) is 27.0 Å². The van der Waals surface area contributed by atoms with Gasteiger partial charge in [0.05, 0.1) is 6.10 Å². The highest BCUT2D eigenvalue weighted by atomic mass is 16.7. The second-order valence-corrected chi connectivity index (χ2v) is 8.28. The second-order valence-electron chi connectivity index (χ2n) is 8.28. The molecular weight excluding hydrogens is 344 g/mol. The van der Waals surface area contributed by atoms with Gasteiger partial charge in [-0.15, -0.1) is 0 Å². The summed E-state index contributed by atoms with van der Waals surface area (Å²) in [6.45, 7) is 3.61. The van der Waals surface area contributed by atoms with Crippen LogP contribution in [0, 0.1) is 5.92 Å². The molecule has 1 saturated heterocycles. The van der Waals surface area contributed by atoms with Crippen LogP contribution >= 0.6 is 0 Å². The van der Waals surface area contributed by atoms with Gasteiger partial charge in [-0.3, -0.25) is 9.59 Å². The quantitative estimate of drug-likeness (QED) is 0.736. The molecule has 1 saturated carbocycles. The van der Waals surface area contributed by atoms with Gasteiger partial charge in [0.25, 0.3) is 0 Å². The lowest BCUT2D eigenvalue weighted by Gasteiger charge is -2.40. The van der Waals surface area contributed by atoms with Gasteiger partial charge in [0.1, 0.15) is 6.10 Å². The van der Waals surface area contributed by atoms with Crippen LogP contribution in [-0.4, -0.2) is 36.5 Å². The number of rotatable bonds is 5. The van der Waals surface area contributed by atoms with Crippen molar-refractivity contribution in [3.8, 4) is 0 Å². The lowest BCUT2D eigenvalue weighted by Crippen LogP contribution is -2.59. The van der Waals surface area contributed by atoms with Gasteiger partial charge in [-0.2, -0.15) is 0 Å². The third-order valence-electron chi connectivity index (χ3n) is 6.28. The molecular formula is C22H28O5. The molecule has 0 spiro atoms. The van der Waals surface area contributed by atoms with Gasteiger partial charge in [-0.05, 0) is 12.8 Å². The maximum atomic E-state index is 13.6. The molecule has 2 heterocycles. The zero-order valence-electron chi connectivity index (χ0n) is 16.3. The number of carbonyl (C=O) groups excluding carboxylic acids is 2. The number of ketones is 2. The number of hydrogen-bond acceptors (Lipinski definition) is 5. The molecule has 3 aliphatic rings. The molecule has 0 N–H and O–H groups in total. The Labute approximate surface area is 160 Å². The van der Waals surface area contributed by atoms with Gasteiger partial charge < -0.3 is 14.2 Å². The van der Waals surface area contributed by atoms with Crippen molar-refractivity contribution >= 4 is 11.6 Å². The molecule has 0 amide bonds. The van der Waals surface area contributed by atoms with Crippen LogP contribution in [0.3, 0.4) is 0 Å². The third-order valence-corrected chi connectivity index (χ3v) is 6.28. The molecule has 2 bridgehead atoms. The number of benzene rings is 1. The molecule has 3 atom stereocenters. The van der Waals surface area contributed by atoms with Crippen molar-refractivity contribution in [2.24, 2.45) is 5.92 Å². The van der Waals surface area contributed by atoms with Gasteiger partial charge in [0.2, 0.25) is 11.4 Å². The summed E-state index contributed by atoms with van der Waals surface area (Å²) in [4.78, 5) is 26.9. The maximum absolute atomic E-state index is 13.6. The normalized spacial score (nSPS) is 33.3. The van der Waals surface area contributed by atoms with Crippen molar-refractivity contribution in [1.82, 2.24) is 0 Å². The average Bonchev–Trinajstić information content (AvgIpc) is 3.00. The van der Waals surface area contributed by atoms with E-state index in [9.17, 15) is 9.59 Å². The summed E-state index contributed by atoms with van der Waals surface area (Å²) in [5.41, 5.74) is -0.413. The molecule has 2 fully saturated rings. The fourth-order valence-electron chi connectivity index (χ4n) is 4.89. The second kappa shape index (κ2) is 6.80. The van der Waals surface area contributed by atoms with Crippen LogP contribution in [0.1, 0.15) is 68.3 Å². The molecule has 4 rings (SSSR count). The smallest absolute Gasteiger partial charge is 0.218 e. The molecule has 27 heavy (non-hydrogen) atoms. The lowest BCUT2D eigenvalue weighted by molar-refractivity contribution is -0.241. The van der Waals surface area contributed by atoms with Crippen molar-refractivity contribution in [2.45, 2.75) is 76.0 Å². The van der Waals surface area contributed by atoms with Gasteiger partial charge in [-0.25, -0.2) is 0 Å². The van der Waals surface area contributed by atoms with Gasteiger partial charge in [-0.1, -0.05) is 57.4 Å². The van der Waals surface area contributed by atoms with E-state index in [4.69, 9.17) is 14.2 Å². The molecule has 5 heteroatoms. The predicted molar refractivity (Wildman–Crippen MR) is 99.5 cm³/mol. The average molecular weight is 372 g/mol. The third kappa shape index (κ3) is 2.71. The Hall–Kier alpha value is -1.56. The molecule has 5 nitrogen and oxygen atoms in total.